The summed E-state index contributed by atoms with van der Waals surface area (Å²) in [7, 11) is -8.59. The van der Waals surface area contributed by atoms with E-state index in [4.69, 9.17) is 11.6 Å². The number of alkyl halides is 1. The molecule has 0 aromatic carbocycles. The molecule has 0 aliphatic rings. The molecule has 0 saturated heterocycles. The Morgan fingerprint density at radius 1 is 0.950 bits per heavy atom. The number of nitrogens with zero attached hydrogens (tertiary/aromatic N) is 4. The molecular formula is C7H9ClN4Na2O4P2. The zero-order chi connectivity index (χ0) is 13.4. The molecule has 0 bridgehead atoms. The van der Waals surface area contributed by atoms with Crippen LogP contribution in [0.3, 0.4) is 0 Å². The summed E-state index contributed by atoms with van der Waals surface area (Å²) in [5.41, 5.74) is 0. The Balaban J connectivity index is 0.00000180. The van der Waals surface area contributed by atoms with Crippen molar-refractivity contribution >= 4 is 85.8 Å². The van der Waals surface area contributed by atoms with E-state index in [1.807, 2.05) is 0 Å². The molecule has 0 aliphatic carbocycles. The van der Waals surface area contributed by atoms with E-state index in [1.165, 1.54) is 24.8 Å². The quantitative estimate of drug-likeness (QED) is 0.472. The van der Waals surface area contributed by atoms with Crippen LogP contribution in [-0.2, 0) is 9.13 Å². The van der Waals surface area contributed by atoms with Gasteiger partial charge in [-0.25, -0.2) is 9.97 Å². The van der Waals surface area contributed by atoms with E-state index in [2.05, 4.69) is 9.97 Å². The van der Waals surface area contributed by atoms with Crippen LogP contribution in [-0.4, -0.2) is 92.4 Å². The van der Waals surface area contributed by atoms with Crippen LogP contribution in [0.4, 0.5) is 0 Å². The van der Waals surface area contributed by atoms with Gasteiger partial charge in [0.1, 0.15) is 12.7 Å². The Labute approximate surface area is 164 Å². The van der Waals surface area contributed by atoms with E-state index in [0.29, 0.717) is 0 Å². The number of hydrogen-bond donors (Lipinski definition) is 2. The maximum Gasteiger partial charge on any atom is 0.327 e. The van der Waals surface area contributed by atoms with E-state index in [0.717, 1.165) is 21.3 Å². The van der Waals surface area contributed by atoms with Crippen molar-refractivity contribution in [2.45, 2.75) is 4.86 Å². The minimum absolute atomic E-state index is 0. The Bertz CT molecular complexity index is 569. The number of hydrogen-bond acceptors (Lipinski definition) is 4. The average molecular weight is 357 g/mol. The Morgan fingerprint density at radius 3 is 1.55 bits per heavy atom. The Kier molecular flexibility index (Phi) is 8.53. The van der Waals surface area contributed by atoms with Gasteiger partial charge in [0, 0.05) is 83.9 Å². The van der Waals surface area contributed by atoms with E-state index in [-0.39, 0.29) is 59.1 Å². The molecule has 2 atom stereocenters. The van der Waals surface area contributed by atoms with Crippen molar-refractivity contribution in [3.05, 3.63) is 37.4 Å². The van der Waals surface area contributed by atoms with Crippen molar-refractivity contribution in [2.75, 3.05) is 0 Å². The van der Waals surface area contributed by atoms with Crippen LogP contribution >= 0.6 is 26.6 Å². The summed E-state index contributed by atoms with van der Waals surface area (Å²) in [5, 5.41) is 0. The van der Waals surface area contributed by atoms with E-state index >= 15 is 0 Å². The molecule has 2 radical (unpaired) electrons. The molecule has 100 valence electrons. The minimum atomic E-state index is -4.29. The second kappa shape index (κ2) is 8.09. The van der Waals surface area contributed by atoms with Crippen LogP contribution in [0.15, 0.2) is 37.4 Å². The normalized spacial score (nSPS) is 17.9. The molecule has 2 aromatic heterocycles. The predicted octanol–water partition coefficient (Wildman–Crippen LogP) is 0.608. The number of aromatic nitrogens is 4. The van der Waals surface area contributed by atoms with Crippen LogP contribution < -0.4 is 0 Å². The predicted molar refractivity (Wildman–Crippen MR) is 76.0 cm³/mol. The van der Waals surface area contributed by atoms with Crippen molar-refractivity contribution in [3.8, 4) is 0 Å². The summed E-state index contributed by atoms with van der Waals surface area (Å²) in [4.78, 5) is 25.0. The SMILES string of the molecule is O=P(O)(C(Cl)P(=O)(O)n1ccnc1)n1ccnc1.[Na].[Na]. The molecule has 13 heteroatoms. The summed E-state index contributed by atoms with van der Waals surface area (Å²) in [6.07, 6.45) is 7.06. The van der Waals surface area contributed by atoms with Gasteiger partial charge in [-0.3, -0.25) is 17.8 Å². The zero-order valence-corrected chi connectivity index (χ0v) is 17.4. The van der Waals surface area contributed by atoms with Crippen LogP contribution in [0.1, 0.15) is 0 Å². The molecule has 2 N–H and O–H groups in total. The number of halogens is 1. The van der Waals surface area contributed by atoms with Gasteiger partial charge in [0.15, 0.2) is 0 Å². The zero-order valence-electron chi connectivity index (χ0n) is 10.8. The summed E-state index contributed by atoms with van der Waals surface area (Å²) in [5.74, 6) is 0. The van der Waals surface area contributed by atoms with Crippen molar-refractivity contribution < 1.29 is 18.9 Å². The topological polar surface area (TPSA) is 110 Å². The third-order valence-corrected chi connectivity index (χ3v) is 8.44. The third-order valence-electron chi connectivity index (χ3n) is 2.20. The molecule has 0 saturated carbocycles. The average Bonchev–Trinajstić information content (AvgIpc) is 3.00. The van der Waals surface area contributed by atoms with Gasteiger partial charge in [0.25, 0.3) is 0 Å². The molecule has 8 nitrogen and oxygen atoms in total. The van der Waals surface area contributed by atoms with Gasteiger partial charge in [-0.2, -0.15) is 0 Å². The molecule has 0 aliphatic heterocycles. The first-order valence-corrected chi connectivity index (χ1v) is 8.43. The first-order valence-electron chi connectivity index (χ1n) is 4.63. The monoisotopic (exact) mass is 356 g/mol. The molecule has 2 unspecified atom stereocenters. The maximum atomic E-state index is 12.1. The smallest absolute Gasteiger partial charge is 0.327 e. The molecule has 0 amide bonds. The van der Waals surface area contributed by atoms with Crippen molar-refractivity contribution in [1.29, 1.82) is 0 Å². The molecular weight excluding hydrogens is 347 g/mol. The van der Waals surface area contributed by atoms with Crippen molar-refractivity contribution in [3.63, 3.8) is 0 Å². The van der Waals surface area contributed by atoms with Gasteiger partial charge in [0.2, 0.25) is 4.86 Å². The van der Waals surface area contributed by atoms with Gasteiger partial charge < -0.3 is 9.79 Å². The van der Waals surface area contributed by atoms with Gasteiger partial charge >= 0.3 is 15.0 Å². The second-order valence-electron chi connectivity index (χ2n) is 3.37. The van der Waals surface area contributed by atoms with Gasteiger partial charge in [-0.15, -0.1) is 0 Å². The van der Waals surface area contributed by atoms with Crippen LogP contribution in [0, 0.1) is 0 Å². The fourth-order valence-electron chi connectivity index (χ4n) is 1.26. The van der Waals surface area contributed by atoms with Crippen LogP contribution in [0.5, 0.6) is 0 Å². The second-order valence-corrected chi connectivity index (χ2v) is 9.14. The fourth-order valence-corrected chi connectivity index (χ4v) is 5.50. The van der Waals surface area contributed by atoms with E-state index < -0.39 is 19.9 Å². The molecule has 2 rings (SSSR count). The standard InChI is InChI=1S/C7H9ClN4O4P2.2Na/c8-7(17(13,14)11-3-1-9-5-11)18(15,16)12-4-2-10-6-12;;/h1-7H,(H,13,14)(H,15,16);;. The summed E-state index contributed by atoms with van der Waals surface area (Å²) in [6, 6.07) is 0. The van der Waals surface area contributed by atoms with Crippen molar-refractivity contribution in [1.82, 2.24) is 18.6 Å². The maximum absolute atomic E-state index is 12.1. The largest absolute Gasteiger partial charge is 0.327 e. The molecule has 2 heterocycles. The summed E-state index contributed by atoms with van der Waals surface area (Å²) >= 11 is 5.72. The van der Waals surface area contributed by atoms with Crippen molar-refractivity contribution in [2.24, 2.45) is 0 Å². The fraction of sp³-hybridized carbons (Fsp3) is 0.143. The Hall–Kier alpha value is 1.09. The summed E-state index contributed by atoms with van der Waals surface area (Å²) < 4.78 is 25.8. The van der Waals surface area contributed by atoms with Gasteiger partial charge in [0.05, 0.1) is 0 Å². The minimum Gasteiger partial charge on any atom is -0.327 e. The van der Waals surface area contributed by atoms with Gasteiger partial charge in [-0.1, -0.05) is 11.6 Å². The number of rotatable bonds is 4. The Morgan fingerprint density at radius 2 is 1.30 bits per heavy atom. The van der Waals surface area contributed by atoms with Gasteiger partial charge in [-0.05, 0) is 0 Å². The molecule has 20 heavy (non-hydrogen) atoms. The molecule has 2 aromatic rings. The van der Waals surface area contributed by atoms with Crippen LogP contribution in [0.25, 0.3) is 0 Å². The molecule has 0 fully saturated rings. The number of imidazole rings is 2. The first-order chi connectivity index (χ1) is 8.37. The third kappa shape index (κ3) is 4.09. The first kappa shape index (κ1) is 21.1. The molecule has 0 spiro atoms. The van der Waals surface area contributed by atoms with Crippen LogP contribution in [0.2, 0.25) is 0 Å². The van der Waals surface area contributed by atoms with E-state index in [1.54, 1.807) is 0 Å². The van der Waals surface area contributed by atoms with E-state index in [9.17, 15) is 18.9 Å². The summed E-state index contributed by atoms with van der Waals surface area (Å²) in [6.45, 7) is 0.